The Morgan fingerprint density at radius 1 is 1.04 bits per heavy atom. The van der Waals surface area contributed by atoms with E-state index in [1.54, 1.807) is 11.8 Å². The minimum atomic E-state index is -0.269. The zero-order valence-electron chi connectivity index (χ0n) is 13.2. The van der Waals surface area contributed by atoms with Gasteiger partial charge in [-0.3, -0.25) is 4.79 Å². The Kier molecular flexibility index (Phi) is 4.34. The van der Waals surface area contributed by atoms with Crippen molar-refractivity contribution in [3.63, 3.8) is 0 Å². The van der Waals surface area contributed by atoms with Gasteiger partial charge in [0.1, 0.15) is 18.5 Å². The van der Waals surface area contributed by atoms with Crippen LogP contribution in [-0.4, -0.2) is 25.2 Å². The van der Waals surface area contributed by atoms with Crippen LogP contribution in [0.4, 0.5) is 0 Å². The Morgan fingerprint density at radius 2 is 1.79 bits per heavy atom. The number of benzene rings is 2. The second-order valence-corrected chi connectivity index (χ2v) is 7.18. The molecule has 4 rings (SSSR count). The van der Waals surface area contributed by atoms with Gasteiger partial charge in [-0.15, -0.1) is 11.8 Å². The SMILES string of the molecule is O=C(NC1CC1)C(Sc1ccc2c(c1)OCCO2)c1ccccc1. The summed E-state index contributed by atoms with van der Waals surface area (Å²) in [5.41, 5.74) is 1.01. The fourth-order valence-corrected chi connectivity index (χ4v) is 3.70. The first-order chi connectivity index (χ1) is 11.8. The summed E-state index contributed by atoms with van der Waals surface area (Å²) in [5.74, 6) is 1.59. The maximum Gasteiger partial charge on any atom is 0.238 e. The van der Waals surface area contributed by atoms with Gasteiger partial charge in [-0.25, -0.2) is 0 Å². The van der Waals surface area contributed by atoms with Crippen LogP contribution in [0.1, 0.15) is 23.7 Å². The van der Waals surface area contributed by atoms with E-state index in [-0.39, 0.29) is 11.2 Å². The van der Waals surface area contributed by atoms with Gasteiger partial charge in [-0.2, -0.15) is 0 Å². The molecule has 0 bridgehead atoms. The molecule has 0 radical (unpaired) electrons. The predicted octanol–water partition coefficient (Wildman–Crippen LogP) is 3.57. The molecule has 5 heteroatoms. The summed E-state index contributed by atoms with van der Waals surface area (Å²) in [4.78, 5) is 13.7. The minimum absolute atomic E-state index is 0.0728. The van der Waals surface area contributed by atoms with Crippen molar-refractivity contribution >= 4 is 17.7 Å². The number of amides is 1. The highest BCUT2D eigenvalue weighted by Gasteiger charge is 2.29. The number of nitrogens with one attached hydrogen (secondary N) is 1. The standard InChI is InChI=1S/C19H19NO3S/c21-19(20-14-6-7-14)18(13-4-2-1-3-5-13)24-15-8-9-16-17(12-15)23-11-10-22-16/h1-5,8-9,12,14,18H,6-7,10-11H2,(H,20,21). The summed E-state index contributed by atoms with van der Waals surface area (Å²) < 4.78 is 11.2. The number of fused-ring (bicyclic) bond motifs is 1. The lowest BCUT2D eigenvalue weighted by Gasteiger charge is -2.20. The normalized spacial score (nSPS) is 17.2. The van der Waals surface area contributed by atoms with Crippen LogP contribution in [0.15, 0.2) is 53.4 Å². The van der Waals surface area contributed by atoms with Crippen LogP contribution in [0.3, 0.4) is 0 Å². The number of carbonyl (C=O) groups excluding carboxylic acids is 1. The zero-order valence-corrected chi connectivity index (χ0v) is 14.1. The second-order valence-electron chi connectivity index (χ2n) is 6.00. The molecule has 2 aromatic carbocycles. The minimum Gasteiger partial charge on any atom is -0.486 e. The highest BCUT2D eigenvalue weighted by Crippen LogP contribution is 2.40. The number of ether oxygens (including phenoxy) is 2. The Labute approximate surface area is 145 Å². The van der Waals surface area contributed by atoms with Gasteiger partial charge in [0, 0.05) is 10.9 Å². The van der Waals surface area contributed by atoms with Gasteiger partial charge in [0.15, 0.2) is 11.5 Å². The number of carbonyl (C=O) groups is 1. The molecule has 2 aromatic rings. The fraction of sp³-hybridized carbons (Fsp3) is 0.316. The average Bonchev–Trinajstić information content (AvgIpc) is 3.44. The summed E-state index contributed by atoms with van der Waals surface area (Å²) in [6, 6.07) is 16.1. The van der Waals surface area contributed by atoms with Crippen LogP contribution in [0.5, 0.6) is 11.5 Å². The molecular formula is C19H19NO3S. The molecule has 0 saturated heterocycles. The van der Waals surface area contributed by atoms with Crippen LogP contribution >= 0.6 is 11.8 Å². The molecule has 1 heterocycles. The molecule has 124 valence electrons. The lowest BCUT2D eigenvalue weighted by Crippen LogP contribution is -2.29. The molecule has 1 amide bonds. The summed E-state index contributed by atoms with van der Waals surface area (Å²) >= 11 is 1.54. The first kappa shape index (κ1) is 15.4. The van der Waals surface area contributed by atoms with Crippen molar-refractivity contribution in [1.82, 2.24) is 5.32 Å². The zero-order chi connectivity index (χ0) is 16.4. The molecule has 24 heavy (non-hydrogen) atoms. The van der Waals surface area contributed by atoms with E-state index < -0.39 is 0 Å². The molecule has 1 N–H and O–H groups in total. The fourth-order valence-electron chi connectivity index (χ4n) is 2.64. The lowest BCUT2D eigenvalue weighted by atomic mass is 10.1. The van der Waals surface area contributed by atoms with E-state index in [0.29, 0.717) is 19.3 Å². The molecule has 1 saturated carbocycles. The van der Waals surface area contributed by atoms with E-state index in [9.17, 15) is 4.79 Å². The van der Waals surface area contributed by atoms with Gasteiger partial charge in [0.05, 0.1) is 0 Å². The molecule has 1 aliphatic carbocycles. The van der Waals surface area contributed by atoms with E-state index in [0.717, 1.165) is 34.8 Å². The summed E-state index contributed by atoms with van der Waals surface area (Å²) in [6.45, 7) is 1.14. The van der Waals surface area contributed by atoms with E-state index in [2.05, 4.69) is 5.32 Å². The third-order valence-corrected chi connectivity index (χ3v) is 5.28. The van der Waals surface area contributed by atoms with Gasteiger partial charge >= 0.3 is 0 Å². The van der Waals surface area contributed by atoms with Crippen molar-refractivity contribution in [1.29, 1.82) is 0 Å². The molecule has 0 aromatic heterocycles. The molecule has 1 atom stereocenters. The van der Waals surface area contributed by atoms with Crippen molar-refractivity contribution in [3.05, 3.63) is 54.1 Å². The Morgan fingerprint density at radius 3 is 2.54 bits per heavy atom. The van der Waals surface area contributed by atoms with Crippen molar-refractivity contribution in [2.75, 3.05) is 13.2 Å². The average molecular weight is 341 g/mol. The van der Waals surface area contributed by atoms with E-state index >= 15 is 0 Å². The van der Waals surface area contributed by atoms with Gasteiger partial charge < -0.3 is 14.8 Å². The van der Waals surface area contributed by atoms with Crippen molar-refractivity contribution in [2.45, 2.75) is 29.0 Å². The van der Waals surface area contributed by atoms with Gasteiger partial charge in [-0.1, -0.05) is 30.3 Å². The number of rotatable bonds is 5. The molecule has 1 aliphatic heterocycles. The van der Waals surface area contributed by atoms with E-state index in [4.69, 9.17) is 9.47 Å². The Balaban J connectivity index is 1.57. The van der Waals surface area contributed by atoms with Crippen molar-refractivity contribution in [2.24, 2.45) is 0 Å². The first-order valence-electron chi connectivity index (χ1n) is 8.21. The number of thioether (sulfide) groups is 1. The molecule has 1 fully saturated rings. The largest absolute Gasteiger partial charge is 0.486 e. The maximum atomic E-state index is 12.7. The Hall–Kier alpha value is -2.14. The topological polar surface area (TPSA) is 47.6 Å². The van der Waals surface area contributed by atoms with Crippen LogP contribution < -0.4 is 14.8 Å². The van der Waals surface area contributed by atoms with Gasteiger partial charge in [0.2, 0.25) is 5.91 Å². The highest BCUT2D eigenvalue weighted by atomic mass is 32.2. The quantitative estimate of drug-likeness (QED) is 0.845. The van der Waals surface area contributed by atoms with Crippen molar-refractivity contribution in [3.8, 4) is 11.5 Å². The Bertz CT molecular complexity index is 731. The maximum absolute atomic E-state index is 12.7. The lowest BCUT2D eigenvalue weighted by molar-refractivity contribution is -0.120. The van der Waals surface area contributed by atoms with Gasteiger partial charge in [-0.05, 0) is 36.6 Å². The van der Waals surface area contributed by atoms with Crippen molar-refractivity contribution < 1.29 is 14.3 Å². The smallest absolute Gasteiger partial charge is 0.238 e. The van der Waals surface area contributed by atoms with Gasteiger partial charge in [0.25, 0.3) is 0 Å². The molecule has 0 spiro atoms. The molecule has 2 aliphatic rings. The predicted molar refractivity (Wildman–Crippen MR) is 93.6 cm³/mol. The third-order valence-electron chi connectivity index (χ3n) is 4.03. The van der Waals surface area contributed by atoms with E-state index in [1.165, 1.54) is 0 Å². The summed E-state index contributed by atoms with van der Waals surface area (Å²) in [7, 11) is 0. The van der Waals surface area contributed by atoms with E-state index in [1.807, 2.05) is 48.5 Å². The number of hydrogen-bond donors (Lipinski definition) is 1. The highest BCUT2D eigenvalue weighted by molar-refractivity contribution is 8.00. The van der Waals surface area contributed by atoms with Crippen LogP contribution in [0.2, 0.25) is 0 Å². The summed E-state index contributed by atoms with van der Waals surface area (Å²) in [6.07, 6.45) is 2.17. The van der Waals surface area contributed by atoms with Crippen LogP contribution in [0.25, 0.3) is 0 Å². The van der Waals surface area contributed by atoms with Crippen LogP contribution in [-0.2, 0) is 4.79 Å². The molecular weight excluding hydrogens is 322 g/mol. The molecule has 1 unspecified atom stereocenters. The number of hydrogen-bond acceptors (Lipinski definition) is 4. The monoisotopic (exact) mass is 341 g/mol. The molecule has 4 nitrogen and oxygen atoms in total. The van der Waals surface area contributed by atoms with Crippen LogP contribution in [0, 0.1) is 0 Å². The summed E-state index contributed by atoms with van der Waals surface area (Å²) in [5, 5.41) is 2.85. The first-order valence-corrected chi connectivity index (χ1v) is 9.09. The third kappa shape index (κ3) is 3.51. The second kappa shape index (κ2) is 6.77.